The average molecular weight is 254 g/mol. The molecule has 0 aliphatic heterocycles. The molecule has 1 N–H and O–H groups in total. The molecule has 1 aromatic carbocycles. The lowest BCUT2D eigenvalue weighted by atomic mass is 10.2. The van der Waals surface area contributed by atoms with Crippen LogP contribution in [0.2, 0.25) is 0 Å². The summed E-state index contributed by atoms with van der Waals surface area (Å²) in [6, 6.07) is 9.78. The fourth-order valence-electron chi connectivity index (χ4n) is 1.39. The zero-order valence-electron chi connectivity index (χ0n) is 9.72. The highest BCUT2D eigenvalue weighted by Crippen LogP contribution is 2.16. The van der Waals surface area contributed by atoms with E-state index in [4.69, 9.17) is 4.42 Å². The van der Waals surface area contributed by atoms with Crippen LogP contribution in [0.5, 0.6) is 0 Å². The molecule has 0 unspecified atom stereocenters. The lowest BCUT2D eigenvalue weighted by molar-refractivity contribution is 0.477. The summed E-state index contributed by atoms with van der Waals surface area (Å²) < 4.78 is 5.53. The highest BCUT2D eigenvalue weighted by molar-refractivity contribution is 5.85. The van der Waals surface area contributed by atoms with E-state index >= 15 is 0 Å². The topological polar surface area (TPSA) is 51.0 Å². The van der Waals surface area contributed by atoms with Gasteiger partial charge in [0.1, 0.15) is 0 Å². The molecule has 2 aromatic rings. The van der Waals surface area contributed by atoms with Gasteiger partial charge >= 0.3 is 0 Å². The van der Waals surface area contributed by atoms with Crippen molar-refractivity contribution in [3.8, 4) is 11.5 Å². The molecule has 2 rings (SSSR count). The van der Waals surface area contributed by atoms with Crippen molar-refractivity contribution in [3.63, 3.8) is 0 Å². The number of halogens is 1. The van der Waals surface area contributed by atoms with Gasteiger partial charge in [0.2, 0.25) is 11.8 Å². The zero-order valence-corrected chi connectivity index (χ0v) is 10.5. The molecule has 0 spiro atoms. The van der Waals surface area contributed by atoms with Crippen molar-refractivity contribution in [3.05, 3.63) is 36.2 Å². The molecule has 0 aliphatic rings. The van der Waals surface area contributed by atoms with Crippen LogP contribution in [0, 0.1) is 0 Å². The van der Waals surface area contributed by atoms with Crippen molar-refractivity contribution in [2.75, 3.05) is 6.54 Å². The molecule has 0 radical (unpaired) electrons. The van der Waals surface area contributed by atoms with E-state index in [0.29, 0.717) is 18.3 Å². The van der Waals surface area contributed by atoms with Gasteiger partial charge in [-0.2, -0.15) is 0 Å². The second kappa shape index (κ2) is 7.04. The van der Waals surface area contributed by atoms with Crippen LogP contribution in [-0.2, 0) is 6.54 Å². The molecule has 0 saturated heterocycles. The minimum absolute atomic E-state index is 0. The molecule has 17 heavy (non-hydrogen) atoms. The Bertz CT molecular complexity index is 430. The Morgan fingerprint density at radius 3 is 2.65 bits per heavy atom. The van der Waals surface area contributed by atoms with Gasteiger partial charge in [-0.15, -0.1) is 22.6 Å². The normalized spacial score (nSPS) is 9.94. The summed E-state index contributed by atoms with van der Waals surface area (Å²) in [6.45, 7) is 3.72. The first-order chi connectivity index (χ1) is 7.90. The van der Waals surface area contributed by atoms with Crippen LogP contribution in [0.25, 0.3) is 11.5 Å². The van der Waals surface area contributed by atoms with Crippen LogP contribution in [0.3, 0.4) is 0 Å². The predicted octanol–water partition coefficient (Wildman–Crippen LogP) is 2.66. The summed E-state index contributed by atoms with van der Waals surface area (Å²) >= 11 is 0. The summed E-state index contributed by atoms with van der Waals surface area (Å²) in [5.41, 5.74) is 0.955. The Labute approximate surface area is 107 Å². The van der Waals surface area contributed by atoms with Crippen LogP contribution in [0.4, 0.5) is 0 Å². The van der Waals surface area contributed by atoms with Gasteiger partial charge in [0, 0.05) is 5.56 Å². The molecule has 0 aliphatic carbocycles. The molecule has 0 atom stereocenters. The Morgan fingerprint density at radius 2 is 1.94 bits per heavy atom. The smallest absolute Gasteiger partial charge is 0.247 e. The molecule has 1 aromatic heterocycles. The third-order valence-electron chi connectivity index (χ3n) is 2.19. The Kier molecular flexibility index (Phi) is 5.66. The van der Waals surface area contributed by atoms with Crippen molar-refractivity contribution in [1.29, 1.82) is 0 Å². The highest BCUT2D eigenvalue weighted by Gasteiger charge is 2.06. The summed E-state index contributed by atoms with van der Waals surface area (Å²) in [6.07, 6.45) is 1.10. The van der Waals surface area contributed by atoms with E-state index in [1.807, 2.05) is 30.3 Å². The van der Waals surface area contributed by atoms with Crippen LogP contribution in [0.1, 0.15) is 19.2 Å². The van der Waals surface area contributed by atoms with Crippen LogP contribution in [-0.4, -0.2) is 16.7 Å². The Morgan fingerprint density at radius 1 is 1.18 bits per heavy atom. The number of nitrogens with one attached hydrogen (secondary N) is 1. The standard InChI is InChI=1S/C12H15N3O.ClH/c1-2-8-13-9-11-14-15-12(16-11)10-6-4-3-5-7-10;/h3-7,13H,2,8-9H2,1H3;1H. The van der Waals surface area contributed by atoms with E-state index < -0.39 is 0 Å². The largest absolute Gasteiger partial charge is 0.419 e. The summed E-state index contributed by atoms with van der Waals surface area (Å²) in [4.78, 5) is 0. The number of benzene rings is 1. The van der Waals surface area contributed by atoms with Crippen molar-refractivity contribution >= 4 is 12.4 Å². The van der Waals surface area contributed by atoms with Crippen molar-refractivity contribution < 1.29 is 4.42 Å². The minimum Gasteiger partial charge on any atom is -0.419 e. The maximum Gasteiger partial charge on any atom is 0.247 e. The second-order valence-corrected chi connectivity index (χ2v) is 3.54. The SMILES string of the molecule is CCCNCc1nnc(-c2ccccc2)o1.Cl. The van der Waals surface area contributed by atoms with E-state index in [1.165, 1.54) is 0 Å². The first-order valence-electron chi connectivity index (χ1n) is 5.48. The number of hydrogen-bond donors (Lipinski definition) is 1. The van der Waals surface area contributed by atoms with Gasteiger partial charge < -0.3 is 9.73 Å². The van der Waals surface area contributed by atoms with Gasteiger partial charge in [-0.3, -0.25) is 0 Å². The number of hydrogen-bond acceptors (Lipinski definition) is 4. The fourth-order valence-corrected chi connectivity index (χ4v) is 1.39. The number of rotatable bonds is 5. The molecule has 0 fully saturated rings. The summed E-state index contributed by atoms with van der Waals surface area (Å²) in [7, 11) is 0. The van der Waals surface area contributed by atoms with E-state index in [-0.39, 0.29) is 12.4 Å². The summed E-state index contributed by atoms with van der Waals surface area (Å²) in [5, 5.41) is 11.2. The van der Waals surface area contributed by atoms with Gasteiger partial charge in [0.05, 0.1) is 6.54 Å². The second-order valence-electron chi connectivity index (χ2n) is 3.54. The maximum atomic E-state index is 5.53. The maximum absolute atomic E-state index is 5.53. The molecule has 0 bridgehead atoms. The van der Waals surface area contributed by atoms with Gasteiger partial charge in [-0.1, -0.05) is 25.1 Å². The Hall–Kier alpha value is -1.39. The molecule has 0 amide bonds. The predicted molar refractivity (Wildman–Crippen MR) is 69.0 cm³/mol. The lowest BCUT2D eigenvalue weighted by Crippen LogP contribution is -2.13. The van der Waals surface area contributed by atoms with Crippen LogP contribution < -0.4 is 5.32 Å². The molecule has 0 saturated carbocycles. The number of aromatic nitrogens is 2. The highest BCUT2D eigenvalue weighted by atomic mass is 35.5. The minimum atomic E-state index is 0. The fraction of sp³-hybridized carbons (Fsp3) is 0.333. The summed E-state index contributed by atoms with van der Waals surface area (Å²) in [5.74, 6) is 1.21. The first kappa shape index (κ1) is 13.7. The third-order valence-corrected chi connectivity index (χ3v) is 2.19. The molecule has 5 heteroatoms. The van der Waals surface area contributed by atoms with Gasteiger partial charge in [0.25, 0.3) is 0 Å². The van der Waals surface area contributed by atoms with Gasteiger partial charge in [0.15, 0.2) is 0 Å². The molecular formula is C12H16ClN3O. The lowest BCUT2D eigenvalue weighted by Gasteiger charge is -1.96. The molecular weight excluding hydrogens is 238 g/mol. The molecule has 92 valence electrons. The van der Waals surface area contributed by atoms with E-state index in [1.54, 1.807) is 0 Å². The third kappa shape index (κ3) is 3.84. The van der Waals surface area contributed by atoms with E-state index in [2.05, 4.69) is 22.4 Å². The van der Waals surface area contributed by atoms with Gasteiger partial charge in [-0.25, -0.2) is 0 Å². The van der Waals surface area contributed by atoms with E-state index in [9.17, 15) is 0 Å². The molecule has 1 heterocycles. The monoisotopic (exact) mass is 253 g/mol. The van der Waals surface area contributed by atoms with Crippen LogP contribution in [0.15, 0.2) is 34.7 Å². The first-order valence-corrected chi connectivity index (χ1v) is 5.48. The van der Waals surface area contributed by atoms with E-state index in [0.717, 1.165) is 18.5 Å². The van der Waals surface area contributed by atoms with Crippen molar-refractivity contribution in [2.24, 2.45) is 0 Å². The van der Waals surface area contributed by atoms with Crippen molar-refractivity contribution in [2.45, 2.75) is 19.9 Å². The number of nitrogens with zero attached hydrogens (tertiary/aromatic N) is 2. The zero-order chi connectivity index (χ0) is 11.2. The van der Waals surface area contributed by atoms with Gasteiger partial charge in [-0.05, 0) is 25.1 Å². The average Bonchev–Trinajstić information content (AvgIpc) is 2.79. The quantitative estimate of drug-likeness (QED) is 0.833. The van der Waals surface area contributed by atoms with Crippen LogP contribution >= 0.6 is 12.4 Å². The Balaban J connectivity index is 0.00000144. The van der Waals surface area contributed by atoms with Crippen molar-refractivity contribution in [1.82, 2.24) is 15.5 Å². The molecule has 4 nitrogen and oxygen atoms in total.